The Morgan fingerprint density at radius 2 is 2.07 bits per heavy atom. The minimum absolute atomic E-state index is 1.08. The Hall–Kier alpha value is -0.440. The number of unbranched alkanes of at least 4 members (excludes halogenated alkanes) is 3. The van der Waals surface area contributed by atoms with Gasteiger partial charge in [0.05, 0.1) is 6.54 Å². The van der Waals surface area contributed by atoms with E-state index >= 15 is 0 Å². The van der Waals surface area contributed by atoms with Crippen LogP contribution in [0, 0.1) is 0 Å². The molecule has 0 aliphatic rings. The summed E-state index contributed by atoms with van der Waals surface area (Å²) in [5.41, 5.74) is 0. The fourth-order valence-electron chi connectivity index (χ4n) is 1.57. The summed E-state index contributed by atoms with van der Waals surface area (Å²) in [6, 6.07) is 0. The van der Waals surface area contributed by atoms with Crippen LogP contribution in [0.2, 0.25) is 0 Å². The van der Waals surface area contributed by atoms with Crippen molar-refractivity contribution < 1.29 is 4.57 Å². The summed E-state index contributed by atoms with van der Waals surface area (Å²) in [6.45, 7) is 5.63. The van der Waals surface area contributed by atoms with E-state index in [1.165, 1.54) is 38.0 Å². The molecule has 0 spiro atoms. The van der Waals surface area contributed by atoms with E-state index in [0.717, 1.165) is 5.88 Å². The van der Waals surface area contributed by atoms with Gasteiger partial charge >= 0.3 is 0 Å². The van der Waals surface area contributed by atoms with Crippen LogP contribution < -0.4 is 4.57 Å². The lowest BCUT2D eigenvalue weighted by Crippen LogP contribution is -2.29. The van der Waals surface area contributed by atoms with Gasteiger partial charge in [-0.05, 0) is 18.6 Å². The Morgan fingerprint density at radius 1 is 1.20 bits per heavy atom. The second-order valence-electron chi connectivity index (χ2n) is 3.85. The molecule has 2 nitrogen and oxygen atoms in total. The molecule has 0 bridgehead atoms. The number of aryl methyl sites for hydroxylation is 1. The summed E-state index contributed by atoms with van der Waals surface area (Å²) < 4.78 is 4.56. The first-order valence-electron chi connectivity index (χ1n) is 5.99. The van der Waals surface area contributed by atoms with Crippen LogP contribution in [0.5, 0.6) is 0 Å². The third kappa shape index (κ3) is 5.26. The van der Waals surface area contributed by atoms with Gasteiger partial charge in [0.15, 0.2) is 0 Å². The Morgan fingerprint density at radius 3 is 2.80 bits per heavy atom. The molecule has 0 amide bonds. The molecule has 0 fully saturated rings. The molecule has 15 heavy (non-hydrogen) atoms. The number of nitrogens with zero attached hydrogens (tertiary/aromatic N) is 2. The van der Waals surface area contributed by atoms with Gasteiger partial charge in [-0.1, -0.05) is 26.7 Å². The van der Waals surface area contributed by atoms with Crippen LogP contribution in [0.15, 0.2) is 18.7 Å². The monoisotopic (exact) mass is 227 g/mol. The van der Waals surface area contributed by atoms with Gasteiger partial charge in [0.1, 0.15) is 18.3 Å². The Labute approximate surface area is 97.7 Å². The van der Waals surface area contributed by atoms with Crippen molar-refractivity contribution in [1.29, 1.82) is 0 Å². The van der Waals surface area contributed by atoms with E-state index < -0.39 is 0 Å². The molecule has 0 saturated carbocycles. The maximum absolute atomic E-state index is 2.30. The Kier molecular flexibility index (Phi) is 6.57. The zero-order valence-corrected chi connectivity index (χ0v) is 10.8. The number of rotatable bonds is 8. The molecule has 0 aromatic carbocycles. The number of aromatic nitrogens is 2. The Balaban J connectivity index is 2.20. The first-order chi connectivity index (χ1) is 7.36. The van der Waals surface area contributed by atoms with Gasteiger partial charge in [-0.15, -0.1) is 11.8 Å². The van der Waals surface area contributed by atoms with Crippen LogP contribution in [0.1, 0.15) is 39.5 Å². The van der Waals surface area contributed by atoms with Crippen molar-refractivity contribution >= 4 is 11.8 Å². The molecule has 0 radical (unpaired) electrons. The summed E-state index contributed by atoms with van der Waals surface area (Å²) in [6.07, 6.45) is 11.9. The quantitative estimate of drug-likeness (QED) is 0.490. The predicted octanol–water partition coefficient (Wildman–Crippen LogP) is 3.07. The van der Waals surface area contributed by atoms with Crippen LogP contribution in [0.25, 0.3) is 0 Å². The number of thioether (sulfide) groups is 1. The van der Waals surface area contributed by atoms with Crippen molar-refractivity contribution in [2.75, 3.05) is 5.75 Å². The highest BCUT2D eigenvalue weighted by atomic mass is 32.2. The van der Waals surface area contributed by atoms with Gasteiger partial charge in [-0.2, -0.15) is 0 Å². The predicted molar refractivity (Wildman–Crippen MR) is 66.9 cm³/mol. The molecular weight excluding hydrogens is 204 g/mol. The maximum atomic E-state index is 2.30. The maximum Gasteiger partial charge on any atom is 0.244 e. The first kappa shape index (κ1) is 12.6. The highest BCUT2D eigenvalue weighted by molar-refractivity contribution is 7.98. The molecule has 1 aromatic heterocycles. The van der Waals surface area contributed by atoms with Gasteiger partial charge in [-0.3, -0.25) is 0 Å². The molecular formula is C12H23N2S+. The standard InChI is InChI=1S/C12H23N2S/c1-3-5-6-7-8-13-9-10-14(11-13)12-15-4-2/h9-11H,3-8,12H2,1-2H3/q+1. The van der Waals surface area contributed by atoms with Crippen molar-refractivity contribution in [3.05, 3.63) is 18.7 Å². The van der Waals surface area contributed by atoms with Crippen molar-refractivity contribution in [2.45, 2.75) is 52.0 Å². The fourth-order valence-corrected chi connectivity index (χ4v) is 2.11. The third-order valence-corrected chi connectivity index (χ3v) is 3.35. The van der Waals surface area contributed by atoms with E-state index in [1.54, 1.807) is 0 Å². The largest absolute Gasteiger partial charge is 0.244 e. The van der Waals surface area contributed by atoms with Gasteiger partial charge in [-0.25, -0.2) is 9.13 Å². The van der Waals surface area contributed by atoms with E-state index in [-0.39, 0.29) is 0 Å². The van der Waals surface area contributed by atoms with E-state index in [1.807, 2.05) is 11.8 Å². The van der Waals surface area contributed by atoms with Crippen LogP contribution in [-0.2, 0) is 12.4 Å². The van der Waals surface area contributed by atoms with Crippen LogP contribution in [0.3, 0.4) is 0 Å². The number of hydrogen-bond donors (Lipinski definition) is 0. The molecule has 0 atom stereocenters. The minimum Gasteiger partial charge on any atom is -0.237 e. The second kappa shape index (κ2) is 7.80. The lowest BCUT2D eigenvalue weighted by Gasteiger charge is -1.96. The molecule has 0 aliphatic heterocycles. The average Bonchev–Trinajstić information content (AvgIpc) is 2.69. The van der Waals surface area contributed by atoms with Gasteiger partial charge in [0.2, 0.25) is 6.33 Å². The zero-order valence-electron chi connectivity index (χ0n) is 9.98. The first-order valence-corrected chi connectivity index (χ1v) is 7.14. The summed E-state index contributed by atoms with van der Waals surface area (Å²) in [7, 11) is 0. The molecule has 0 N–H and O–H groups in total. The third-order valence-electron chi connectivity index (χ3n) is 2.46. The number of imidazole rings is 1. The van der Waals surface area contributed by atoms with E-state index in [2.05, 4.69) is 41.7 Å². The second-order valence-corrected chi connectivity index (χ2v) is 5.09. The lowest BCUT2D eigenvalue weighted by atomic mass is 10.2. The highest BCUT2D eigenvalue weighted by Crippen LogP contribution is 2.02. The minimum atomic E-state index is 1.08. The van der Waals surface area contributed by atoms with Crippen molar-refractivity contribution in [3.63, 3.8) is 0 Å². The van der Waals surface area contributed by atoms with E-state index in [9.17, 15) is 0 Å². The normalized spacial score (nSPS) is 10.8. The molecule has 3 heteroatoms. The molecule has 0 saturated heterocycles. The molecule has 1 rings (SSSR count). The molecule has 1 aromatic rings. The summed E-state index contributed by atoms with van der Waals surface area (Å²) >= 11 is 1.96. The zero-order chi connectivity index (χ0) is 10.9. The summed E-state index contributed by atoms with van der Waals surface area (Å²) in [5, 5.41) is 0. The van der Waals surface area contributed by atoms with Gasteiger partial charge < -0.3 is 0 Å². The topological polar surface area (TPSA) is 8.81 Å². The van der Waals surface area contributed by atoms with Crippen molar-refractivity contribution in [3.8, 4) is 0 Å². The van der Waals surface area contributed by atoms with Gasteiger partial charge in [0, 0.05) is 0 Å². The summed E-state index contributed by atoms with van der Waals surface area (Å²) in [5.74, 6) is 2.27. The van der Waals surface area contributed by atoms with Crippen LogP contribution in [-0.4, -0.2) is 10.3 Å². The highest BCUT2D eigenvalue weighted by Gasteiger charge is 2.02. The van der Waals surface area contributed by atoms with Crippen molar-refractivity contribution in [1.82, 2.24) is 4.57 Å². The van der Waals surface area contributed by atoms with Crippen molar-refractivity contribution in [2.24, 2.45) is 0 Å². The average molecular weight is 227 g/mol. The summed E-state index contributed by atoms with van der Waals surface area (Å²) in [4.78, 5) is 0. The SMILES string of the molecule is CCCCCCn1cc[n+](CSCC)c1. The fraction of sp³-hybridized carbons (Fsp3) is 0.750. The molecule has 0 aliphatic carbocycles. The number of hydrogen-bond acceptors (Lipinski definition) is 1. The van der Waals surface area contributed by atoms with E-state index in [0.29, 0.717) is 0 Å². The molecule has 0 unspecified atom stereocenters. The molecule has 1 heterocycles. The van der Waals surface area contributed by atoms with Crippen LogP contribution >= 0.6 is 11.8 Å². The lowest BCUT2D eigenvalue weighted by molar-refractivity contribution is -0.675. The smallest absolute Gasteiger partial charge is 0.237 e. The van der Waals surface area contributed by atoms with Crippen LogP contribution in [0.4, 0.5) is 0 Å². The van der Waals surface area contributed by atoms with E-state index in [4.69, 9.17) is 0 Å². The van der Waals surface area contributed by atoms with Gasteiger partial charge in [0.25, 0.3) is 0 Å². The Bertz CT molecular complexity index is 258. The molecule has 86 valence electrons.